The molecule has 0 radical (unpaired) electrons. The molecule has 1 unspecified atom stereocenters. The Labute approximate surface area is 104 Å². The van der Waals surface area contributed by atoms with E-state index < -0.39 is 0 Å². The molecule has 1 fully saturated rings. The zero-order valence-electron chi connectivity index (χ0n) is 10.9. The van der Waals surface area contributed by atoms with E-state index in [0.717, 1.165) is 18.9 Å². The van der Waals surface area contributed by atoms with E-state index in [9.17, 15) is 0 Å². The number of hydrogen-bond acceptors (Lipinski definition) is 3. The number of nitrogens with two attached hydrogens (primary N) is 1. The van der Waals surface area contributed by atoms with Crippen molar-refractivity contribution in [2.45, 2.75) is 45.6 Å². The molecule has 1 saturated carbocycles. The lowest BCUT2D eigenvalue weighted by atomic mass is 9.99. The lowest BCUT2D eigenvalue weighted by Gasteiger charge is -2.18. The lowest BCUT2D eigenvalue weighted by Crippen LogP contribution is -2.31. The van der Waals surface area contributed by atoms with Gasteiger partial charge in [-0.2, -0.15) is 0 Å². The van der Waals surface area contributed by atoms with Crippen LogP contribution in [0.5, 0.6) is 0 Å². The van der Waals surface area contributed by atoms with Gasteiger partial charge in [-0.05, 0) is 62.3 Å². The van der Waals surface area contributed by atoms with Gasteiger partial charge in [0.25, 0.3) is 0 Å². The van der Waals surface area contributed by atoms with E-state index in [2.05, 4.69) is 24.1 Å². The molecule has 1 aromatic heterocycles. The molecule has 1 atom stereocenters. The molecule has 1 aliphatic rings. The number of anilines is 1. The quantitative estimate of drug-likeness (QED) is 0.792. The number of nitrogens with zero attached hydrogens (tertiary/aromatic N) is 1. The monoisotopic (exact) mass is 233 g/mol. The Bertz CT molecular complexity index is 351. The predicted octanol–water partition coefficient (Wildman–Crippen LogP) is 2.29. The van der Waals surface area contributed by atoms with Gasteiger partial charge in [0.15, 0.2) is 0 Å². The van der Waals surface area contributed by atoms with Crippen LogP contribution in [0.4, 0.5) is 5.82 Å². The summed E-state index contributed by atoms with van der Waals surface area (Å²) in [4.78, 5) is 4.18. The topological polar surface area (TPSA) is 50.9 Å². The highest BCUT2D eigenvalue weighted by Crippen LogP contribution is 2.34. The summed E-state index contributed by atoms with van der Waals surface area (Å²) in [6, 6.07) is 2.71. The second-order valence-electron chi connectivity index (χ2n) is 5.03. The number of nitrogens with one attached hydrogen (secondary N) is 1. The van der Waals surface area contributed by atoms with Crippen molar-refractivity contribution in [3.05, 3.63) is 23.4 Å². The zero-order chi connectivity index (χ0) is 12.3. The van der Waals surface area contributed by atoms with Crippen LogP contribution in [-0.2, 0) is 6.42 Å². The maximum absolute atomic E-state index is 5.94. The minimum absolute atomic E-state index is 0.666. The van der Waals surface area contributed by atoms with Crippen LogP contribution in [0.3, 0.4) is 0 Å². The zero-order valence-corrected chi connectivity index (χ0v) is 10.9. The van der Waals surface area contributed by atoms with Crippen LogP contribution < -0.4 is 11.1 Å². The summed E-state index contributed by atoms with van der Waals surface area (Å²) in [7, 11) is 0. The molecule has 3 nitrogen and oxygen atoms in total. The van der Waals surface area contributed by atoms with Gasteiger partial charge < -0.3 is 11.1 Å². The van der Waals surface area contributed by atoms with Crippen molar-refractivity contribution >= 4 is 5.82 Å². The summed E-state index contributed by atoms with van der Waals surface area (Å²) < 4.78 is 0. The number of rotatable bonds is 6. The van der Waals surface area contributed by atoms with Crippen molar-refractivity contribution in [2.75, 3.05) is 12.3 Å². The van der Waals surface area contributed by atoms with Gasteiger partial charge in [0.1, 0.15) is 5.82 Å². The van der Waals surface area contributed by atoms with Crippen molar-refractivity contribution in [3.63, 3.8) is 0 Å². The number of hydrogen-bond donors (Lipinski definition) is 2. The first-order valence-corrected chi connectivity index (χ1v) is 6.65. The minimum Gasteiger partial charge on any atom is -0.383 e. The summed E-state index contributed by atoms with van der Waals surface area (Å²) in [5.74, 6) is 1.60. The van der Waals surface area contributed by atoms with Crippen LogP contribution in [-0.4, -0.2) is 17.6 Å². The second-order valence-corrected chi connectivity index (χ2v) is 5.03. The molecule has 0 aromatic carbocycles. The van der Waals surface area contributed by atoms with Gasteiger partial charge in [-0.3, -0.25) is 0 Å². The molecule has 3 N–H and O–H groups in total. The van der Waals surface area contributed by atoms with E-state index in [0.29, 0.717) is 11.9 Å². The largest absolute Gasteiger partial charge is 0.383 e. The SMILES string of the molecule is CCNC(CCc1c(C)ccnc1N)C1CC1. The molecule has 0 saturated heterocycles. The molecule has 1 heterocycles. The van der Waals surface area contributed by atoms with Crippen molar-refractivity contribution in [2.24, 2.45) is 5.92 Å². The Kier molecular flexibility index (Phi) is 4.00. The number of aryl methyl sites for hydroxylation is 1. The molecular weight excluding hydrogens is 210 g/mol. The molecule has 0 spiro atoms. The number of aromatic nitrogens is 1. The molecular formula is C14H23N3. The van der Waals surface area contributed by atoms with Crippen LogP contribution in [0.1, 0.15) is 37.3 Å². The fourth-order valence-electron chi connectivity index (χ4n) is 2.50. The molecule has 3 heteroatoms. The average molecular weight is 233 g/mol. The van der Waals surface area contributed by atoms with Crippen molar-refractivity contribution < 1.29 is 0 Å². The average Bonchev–Trinajstić information content (AvgIpc) is 3.10. The summed E-state index contributed by atoms with van der Waals surface area (Å²) in [5.41, 5.74) is 8.44. The molecule has 0 amide bonds. The van der Waals surface area contributed by atoms with E-state index in [1.807, 2.05) is 6.07 Å². The van der Waals surface area contributed by atoms with Gasteiger partial charge in [-0.1, -0.05) is 6.92 Å². The maximum Gasteiger partial charge on any atom is 0.126 e. The Morgan fingerprint density at radius 1 is 1.53 bits per heavy atom. The third kappa shape index (κ3) is 3.19. The molecule has 1 aromatic rings. The fraction of sp³-hybridized carbons (Fsp3) is 0.643. The number of nitrogen functional groups attached to an aromatic ring is 1. The highest BCUT2D eigenvalue weighted by Gasteiger charge is 2.30. The fourth-order valence-corrected chi connectivity index (χ4v) is 2.50. The molecule has 0 bridgehead atoms. The molecule has 2 rings (SSSR count). The van der Waals surface area contributed by atoms with Gasteiger partial charge in [0, 0.05) is 12.2 Å². The van der Waals surface area contributed by atoms with E-state index in [1.165, 1.54) is 30.4 Å². The van der Waals surface area contributed by atoms with Crippen LogP contribution in [0.25, 0.3) is 0 Å². The van der Waals surface area contributed by atoms with Gasteiger partial charge in [-0.25, -0.2) is 4.98 Å². The van der Waals surface area contributed by atoms with Crippen LogP contribution in [0, 0.1) is 12.8 Å². The number of pyridine rings is 1. The van der Waals surface area contributed by atoms with Crippen molar-refractivity contribution in [1.82, 2.24) is 10.3 Å². The highest BCUT2D eigenvalue weighted by atomic mass is 14.9. The Morgan fingerprint density at radius 3 is 2.88 bits per heavy atom. The van der Waals surface area contributed by atoms with Gasteiger partial charge in [0.05, 0.1) is 0 Å². The molecule has 1 aliphatic carbocycles. The first-order chi connectivity index (χ1) is 8.22. The summed E-state index contributed by atoms with van der Waals surface area (Å²) in [6.45, 7) is 5.36. The third-order valence-electron chi connectivity index (χ3n) is 3.69. The first kappa shape index (κ1) is 12.4. The first-order valence-electron chi connectivity index (χ1n) is 6.65. The molecule has 17 heavy (non-hydrogen) atoms. The van der Waals surface area contributed by atoms with E-state index in [-0.39, 0.29) is 0 Å². The maximum atomic E-state index is 5.94. The normalized spacial score (nSPS) is 17.1. The van der Waals surface area contributed by atoms with Crippen LogP contribution in [0.2, 0.25) is 0 Å². The Hall–Kier alpha value is -1.09. The Balaban J connectivity index is 1.95. The second kappa shape index (κ2) is 5.50. The van der Waals surface area contributed by atoms with Crippen molar-refractivity contribution in [3.8, 4) is 0 Å². The van der Waals surface area contributed by atoms with Gasteiger partial charge in [-0.15, -0.1) is 0 Å². The van der Waals surface area contributed by atoms with E-state index in [4.69, 9.17) is 5.73 Å². The van der Waals surface area contributed by atoms with Gasteiger partial charge in [0.2, 0.25) is 0 Å². The summed E-state index contributed by atoms with van der Waals surface area (Å²) in [6.07, 6.45) is 6.78. The smallest absolute Gasteiger partial charge is 0.126 e. The summed E-state index contributed by atoms with van der Waals surface area (Å²) >= 11 is 0. The van der Waals surface area contributed by atoms with Crippen LogP contribution >= 0.6 is 0 Å². The van der Waals surface area contributed by atoms with Gasteiger partial charge >= 0.3 is 0 Å². The summed E-state index contributed by atoms with van der Waals surface area (Å²) in [5, 5.41) is 3.59. The van der Waals surface area contributed by atoms with Crippen LogP contribution in [0.15, 0.2) is 12.3 Å². The van der Waals surface area contributed by atoms with Crippen molar-refractivity contribution in [1.29, 1.82) is 0 Å². The minimum atomic E-state index is 0.666. The predicted molar refractivity (Wildman–Crippen MR) is 71.9 cm³/mol. The standard InChI is InChI=1S/C14H23N3/c1-3-16-13(11-4-5-11)7-6-12-10(2)8-9-17-14(12)15/h8-9,11,13,16H,3-7H2,1-2H3,(H2,15,17). The van der Waals surface area contributed by atoms with E-state index in [1.54, 1.807) is 6.20 Å². The lowest BCUT2D eigenvalue weighted by molar-refractivity contribution is 0.446. The Morgan fingerprint density at radius 2 is 2.29 bits per heavy atom. The molecule has 0 aliphatic heterocycles. The third-order valence-corrected chi connectivity index (χ3v) is 3.69. The van der Waals surface area contributed by atoms with E-state index >= 15 is 0 Å². The highest BCUT2D eigenvalue weighted by molar-refractivity contribution is 5.43. The molecule has 94 valence electrons.